The normalized spacial score (nSPS) is 17.8. The minimum absolute atomic E-state index is 0.0317. The number of carbonyl (C=O) groups is 8. The van der Waals surface area contributed by atoms with Gasteiger partial charge in [-0.2, -0.15) is 0 Å². The van der Waals surface area contributed by atoms with E-state index in [0.717, 1.165) is 16.8 Å². The van der Waals surface area contributed by atoms with E-state index in [1.165, 1.54) is 31.3 Å². The number of ether oxygens (including phenoxy) is 2. The number of likely N-dealkylation sites (N-methyl/N-ethyl adjacent to an activating group) is 2. The van der Waals surface area contributed by atoms with Gasteiger partial charge in [0.1, 0.15) is 12.1 Å². The second kappa shape index (κ2) is 30.1. The molecule has 0 bridgehead atoms. The molecule has 0 aromatic heterocycles. The monoisotopic (exact) mass is 1060 g/mol. The number of imide groups is 1. The van der Waals surface area contributed by atoms with E-state index < -0.39 is 60.2 Å². The first-order valence-corrected chi connectivity index (χ1v) is 27.1. The maximum absolute atomic E-state index is 14.7. The van der Waals surface area contributed by atoms with Crippen LogP contribution in [0.5, 0.6) is 0 Å². The standard InChI is InChI=1S/C58H87N7O11/c1-13-39(6)53(46(75-11)36-50(69)64-33-20-23-45(64)54(76-12)40(7)55(70)59-44(58(73)74)35-42-21-16-14-17-22-42)63(10)57(72)51(37(2)3)60-56(71)52(38(4)5)61(8)34-31-41-25-27-43(28-26-41)62(9)47(66)24-18-15-19-32-65-48(67)29-30-49(65)68/h14,16-17,21-22,25-30,37-40,44-46,51-54H,13,15,18-20,23-24,31-36H2,1-12H3,(H,59,70)(H,60,71)(H,73,74)/t39-,40+,44-,45-,46+,51-,52?,53?,54+/m0/s1. The highest BCUT2D eigenvalue weighted by atomic mass is 16.5. The maximum Gasteiger partial charge on any atom is 0.326 e. The Kier molecular flexibility index (Phi) is 24.8. The number of unbranched alkanes of at least 4 members (excludes halogenated alkanes) is 2. The molecule has 0 spiro atoms. The number of nitrogens with one attached hydrogen (secondary N) is 2. The van der Waals surface area contributed by atoms with Crippen molar-refractivity contribution in [3.63, 3.8) is 0 Å². The van der Waals surface area contributed by atoms with Crippen molar-refractivity contribution in [1.29, 1.82) is 0 Å². The van der Waals surface area contributed by atoms with Gasteiger partial charge in [-0.25, -0.2) is 4.79 Å². The molecule has 9 atom stereocenters. The molecular weight excluding hydrogens is 971 g/mol. The maximum atomic E-state index is 14.7. The van der Waals surface area contributed by atoms with E-state index in [1.807, 2.05) is 96.0 Å². The van der Waals surface area contributed by atoms with Crippen LogP contribution in [0.4, 0.5) is 5.69 Å². The fraction of sp³-hybridized carbons (Fsp3) is 0.621. The van der Waals surface area contributed by atoms with Crippen molar-refractivity contribution in [1.82, 2.24) is 30.2 Å². The van der Waals surface area contributed by atoms with Gasteiger partial charge in [-0.15, -0.1) is 0 Å². The number of nitrogens with zero attached hydrogens (tertiary/aromatic N) is 5. The Morgan fingerprint density at radius 3 is 2.00 bits per heavy atom. The predicted octanol–water partition coefficient (Wildman–Crippen LogP) is 5.51. The number of carbonyl (C=O) groups excluding carboxylic acids is 7. The van der Waals surface area contributed by atoms with E-state index in [0.29, 0.717) is 71.0 Å². The lowest BCUT2D eigenvalue weighted by molar-refractivity contribution is -0.148. The van der Waals surface area contributed by atoms with Gasteiger partial charge in [0.15, 0.2) is 0 Å². The van der Waals surface area contributed by atoms with Crippen LogP contribution in [0.3, 0.4) is 0 Å². The van der Waals surface area contributed by atoms with Gasteiger partial charge in [0.05, 0.1) is 42.7 Å². The van der Waals surface area contributed by atoms with Crippen LogP contribution in [0, 0.1) is 23.7 Å². The molecule has 0 radical (unpaired) electrons. The highest BCUT2D eigenvalue weighted by Gasteiger charge is 2.44. The second-order valence-corrected chi connectivity index (χ2v) is 21.4. The first kappa shape index (κ1) is 62.6. The zero-order chi connectivity index (χ0) is 56.4. The van der Waals surface area contributed by atoms with Crippen LogP contribution >= 0.6 is 0 Å². The molecule has 2 heterocycles. The van der Waals surface area contributed by atoms with Crippen LogP contribution in [-0.4, -0.2) is 169 Å². The molecule has 2 unspecified atom stereocenters. The van der Waals surface area contributed by atoms with Crippen LogP contribution in [0.15, 0.2) is 66.7 Å². The van der Waals surface area contributed by atoms with Crippen LogP contribution in [0.2, 0.25) is 0 Å². The van der Waals surface area contributed by atoms with E-state index in [2.05, 4.69) is 10.6 Å². The lowest BCUT2D eigenvalue weighted by Gasteiger charge is -2.41. The number of aliphatic carboxylic acids is 1. The molecule has 0 saturated carbocycles. The Bertz CT molecular complexity index is 2270. The summed E-state index contributed by atoms with van der Waals surface area (Å²) in [5, 5.41) is 15.8. The van der Waals surface area contributed by atoms with Gasteiger partial charge in [-0.05, 0) is 80.2 Å². The number of benzene rings is 2. The van der Waals surface area contributed by atoms with Crippen molar-refractivity contribution < 1.29 is 52.9 Å². The molecule has 18 nitrogen and oxygen atoms in total. The number of carboxylic acid groups (broad SMARTS) is 1. The van der Waals surface area contributed by atoms with Gasteiger partial charge in [0.25, 0.3) is 11.8 Å². The molecule has 4 rings (SSSR count). The average Bonchev–Trinajstić information content (AvgIpc) is 4.01. The summed E-state index contributed by atoms with van der Waals surface area (Å²) in [6.45, 7) is 14.8. The first-order valence-electron chi connectivity index (χ1n) is 27.1. The third kappa shape index (κ3) is 17.0. The number of hydrogen-bond donors (Lipinski definition) is 3. The molecule has 1 fully saturated rings. The number of rotatable bonds is 31. The molecule has 18 heteroatoms. The number of methoxy groups -OCH3 is 2. The van der Waals surface area contributed by atoms with Crippen LogP contribution in [-0.2, 0) is 60.7 Å². The van der Waals surface area contributed by atoms with E-state index in [-0.39, 0.29) is 66.0 Å². The third-order valence-corrected chi connectivity index (χ3v) is 15.4. The molecule has 7 amide bonds. The van der Waals surface area contributed by atoms with Crippen LogP contribution in [0.25, 0.3) is 0 Å². The SMILES string of the molecule is CC[C@H](C)C([C@@H](CC(=O)N1CCC[C@H]1[C@H](OC)[C@@H](C)C(=O)N[C@@H](Cc1ccccc1)C(=O)O)OC)N(C)C(=O)[C@@H](NC(=O)C(C(C)C)N(C)CCc1ccc(N(C)C(=O)CCCCCN2C(=O)C=CC2=O)cc1)C(C)C. The topological polar surface area (TPSA) is 216 Å². The summed E-state index contributed by atoms with van der Waals surface area (Å²) >= 11 is 0. The molecule has 2 aromatic carbocycles. The third-order valence-electron chi connectivity index (χ3n) is 15.4. The highest BCUT2D eigenvalue weighted by Crippen LogP contribution is 2.30. The van der Waals surface area contributed by atoms with Crippen molar-refractivity contribution in [3.05, 3.63) is 77.9 Å². The minimum Gasteiger partial charge on any atom is -0.480 e. The highest BCUT2D eigenvalue weighted by molar-refractivity contribution is 6.12. The van der Waals surface area contributed by atoms with E-state index in [9.17, 15) is 43.5 Å². The van der Waals surface area contributed by atoms with Crippen molar-refractivity contribution >= 4 is 53.0 Å². The van der Waals surface area contributed by atoms with Gasteiger partial charge < -0.3 is 39.9 Å². The Hall–Kier alpha value is -5.98. The zero-order valence-electron chi connectivity index (χ0n) is 47.2. The lowest BCUT2D eigenvalue weighted by atomic mass is 9.89. The summed E-state index contributed by atoms with van der Waals surface area (Å²) in [6.07, 6.45) is 6.04. The largest absolute Gasteiger partial charge is 0.480 e. The van der Waals surface area contributed by atoms with E-state index >= 15 is 0 Å². The number of likely N-dealkylation sites (tertiary alicyclic amines) is 1. The number of carboxylic acids is 1. The van der Waals surface area contributed by atoms with Gasteiger partial charge in [0.2, 0.25) is 29.5 Å². The minimum atomic E-state index is -1.16. The fourth-order valence-corrected chi connectivity index (χ4v) is 10.7. The van der Waals surface area contributed by atoms with Crippen LogP contribution in [0.1, 0.15) is 111 Å². The molecule has 420 valence electrons. The average molecular weight is 1060 g/mol. The number of anilines is 1. The quantitative estimate of drug-likeness (QED) is 0.0630. The van der Waals surface area contributed by atoms with Gasteiger partial charge in [-0.3, -0.25) is 43.4 Å². The molecule has 2 aromatic rings. The van der Waals surface area contributed by atoms with Gasteiger partial charge in [0, 0.05) is 78.6 Å². The molecule has 1 saturated heterocycles. The Morgan fingerprint density at radius 2 is 1.43 bits per heavy atom. The smallest absolute Gasteiger partial charge is 0.326 e. The van der Waals surface area contributed by atoms with Crippen molar-refractivity contribution in [2.75, 3.05) is 59.9 Å². The fourth-order valence-electron chi connectivity index (χ4n) is 10.7. The second-order valence-electron chi connectivity index (χ2n) is 21.4. The predicted molar refractivity (Wildman–Crippen MR) is 292 cm³/mol. The van der Waals surface area contributed by atoms with Crippen molar-refractivity contribution in [2.24, 2.45) is 23.7 Å². The summed E-state index contributed by atoms with van der Waals surface area (Å²) in [5.41, 5.74) is 2.55. The summed E-state index contributed by atoms with van der Waals surface area (Å²) < 4.78 is 12.0. The molecule has 2 aliphatic rings. The zero-order valence-corrected chi connectivity index (χ0v) is 47.2. The van der Waals surface area contributed by atoms with Crippen molar-refractivity contribution in [2.45, 2.75) is 155 Å². The molecule has 76 heavy (non-hydrogen) atoms. The van der Waals surface area contributed by atoms with E-state index in [1.54, 1.807) is 47.9 Å². The Morgan fingerprint density at radius 1 is 0.789 bits per heavy atom. The lowest BCUT2D eigenvalue weighted by Crippen LogP contribution is -2.60. The van der Waals surface area contributed by atoms with E-state index in [4.69, 9.17) is 9.47 Å². The van der Waals surface area contributed by atoms with Crippen molar-refractivity contribution in [3.8, 4) is 0 Å². The molecule has 0 aliphatic carbocycles. The number of amides is 7. The van der Waals surface area contributed by atoms with Gasteiger partial charge in [-0.1, -0.05) is 104 Å². The molecule has 3 N–H and O–H groups in total. The number of hydrogen-bond acceptors (Lipinski definition) is 11. The summed E-state index contributed by atoms with van der Waals surface area (Å²) in [4.78, 5) is 114. The first-order chi connectivity index (χ1) is 36.1. The summed E-state index contributed by atoms with van der Waals surface area (Å²) in [7, 11) is 8.36. The molecular formula is C58H87N7O11. The summed E-state index contributed by atoms with van der Waals surface area (Å²) in [5.74, 6) is -4.34. The Balaban J connectivity index is 1.37. The Labute approximate surface area is 451 Å². The van der Waals surface area contributed by atoms with Gasteiger partial charge >= 0.3 is 5.97 Å². The summed E-state index contributed by atoms with van der Waals surface area (Å²) in [6, 6.07) is 13.2. The van der Waals surface area contributed by atoms with Crippen LogP contribution < -0.4 is 15.5 Å². The molecule has 2 aliphatic heterocycles.